The third kappa shape index (κ3) is 2.30. The molecule has 0 amide bonds. The van der Waals surface area contributed by atoms with Crippen molar-refractivity contribution in [2.24, 2.45) is 0 Å². The van der Waals surface area contributed by atoms with Gasteiger partial charge in [-0.1, -0.05) is 22.0 Å². The van der Waals surface area contributed by atoms with Gasteiger partial charge < -0.3 is 10.2 Å². The maximum Gasteiger partial charge on any atom is 0.378 e. The van der Waals surface area contributed by atoms with E-state index in [1.54, 1.807) is 0 Å². The number of carbonyl (C=O) groups is 1. The second-order valence-corrected chi connectivity index (χ2v) is 4.49. The molecule has 0 radical (unpaired) electrons. The molecule has 0 aliphatic rings. The van der Waals surface area contributed by atoms with E-state index in [-0.39, 0.29) is 4.47 Å². The van der Waals surface area contributed by atoms with Crippen molar-refractivity contribution in [1.29, 1.82) is 0 Å². The fourth-order valence-corrected chi connectivity index (χ4v) is 1.59. The second-order valence-electron chi connectivity index (χ2n) is 3.58. The van der Waals surface area contributed by atoms with Crippen LogP contribution in [-0.2, 0) is 10.4 Å². The minimum absolute atomic E-state index is 0.285. The third-order valence-electron chi connectivity index (χ3n) is 2.34. The van der Waals surface area contributed by atoms with Gasteiger partial charge >= 0.3 is 11.9 Å². The topological polar surface area (TPSA) is 57.5 Å². The van der Waals surface area contributed by atoms with Gasteiger partial charge in [-0.15, -0.1) is 0 Å². The molecule has 2 N–H and O–H groups in total. The summed E-state index contributed by atoms with van der Waals surface area (Å²) in [6, 6.07) is 2.99. The van der Waals surface area contributed by atoms with E-state index in [4.69, 9.17) is 5.11 Å². The van der Waals surface area contributed by atoms with Crippen molar-refractivity contribution in [2.75, 3.05) is 0 Å². The summed E-state index contributed by atoms with van der Waals surface area (Å²) < 4.78 is 40.2. The van der Waals surface area contributed by atoms with E-state index in [0.717, 1.165) is 12.1 Å². The van der Waals surface area contributed by atoms with Gasteiger partial charge in [0.2, 0.25) is 0 Å². The molecule has 94 valence electrons. The number of halogens is 4. The minimum Gasteiger partial charge on any atom is -0.477 e. The van der Waals surface area contributed by atoms with Crippen LogP contribution < -0.4 is 0 Å². The molecule has 0 heterocycles. The van der Waals surface area contributed by atoms with Crippen LogP contribution in [0.15, 0.2) is 22.7 Å². The van der Waals surface area contributed by atoms with Gasteiger partial charge in [0.25, 0.3) is 0 Å². The minimum atomic E-state index is -4.50. The number of carboxylic acid groups (broad SMARTS) is 1. The number of aliphatic carboxylic acids is 1. The first-order valence-electron chi connectivity index (χ1n) is 4.40. The fraction of sp³-hybridized carbons (Fsp3) is 0.300. The monoisotopic (exact) mass is 312 g/mol. The number of benzene rings is 1. The van der Waals surface area contributed by atoms with Gasteiger partial charge in [0, 0.05) is 10.0 Å². The summed E-state index contributed by atoms with van der Waals surface area (Å²) in [5.74, 6) is -8.14. The average molecular weight is 313 g/mol. The molecule has 0 saturated carbocycles. The van der Waals surface area contributed by atoms with Gasteiger partial charge in [-0.3, -0.25) is 0 Å². The molecule has 0 aromatic heterocycles. The number of hydrogen-bond donors (Lipinski definition) is 2. The maximum absolute atomic E-state index is 13.4. The van der Waals surface area contributed by atoms with Crippen molar-refractivity contribution in [3.8, 4) is 0 Å². The summed E-state index contributed by atoms with van der Waals surface area (Å²) in [4.78, 5) is 10.4. The summed E-state index contributed by atoms with van der Waals surface area (Å²) in [5, 5.41) is 17.9. The Bertz CT molecular complexity index is 460. The van der Waals surface area contributed by atoms with E-state index in [1.807, 2.05) is 0 Å². The fourth-order valence-electron chi connectivity index (χ4n) is 1.26. The summed E-state index contributed by atoms with van der Waals surface area (Å²) in [7, 11) is 0. The van der Waals surface area contributed by atoms with E-state index in [2.05, 4.69) is 15.9 Å². The lowest BCUT2D eigenvalue weighted by molar-refractivity contribution is -0.207. The van der Waals surface area contributed by atoms with Crippen LogP contribution in [0.5, 0.6) is 0 Å². The van der Waals surface area contributed by atoms with Crippen LogP contribution in [0.2, 0.25) is 0 Å². The molecule has 0 bridgehead atoms. The Labute approximate surface area is 103 Å². The zero-order valence-electron chi connectivity index (χ0n) is 8.55. The number of aliphatic hydroxyl groups is 1. The van der Waals surface area contributed by atoms with Crippen LogP contribution in [0.1, 0.15) is 12.5 Å². The number of hydrogen-bond acceptors (Lipinski definition) is 2. The van der Waals surface area contributed by atoms with E-state index in [0.29, 0.717) is 6.92 Å². The van der Waals surface area contributed by atoms with Crippen molar-refractivity contribution < 1.29 is 28.2 Å². The maximum atomic E-state index is 13.4. The Kier molecular flexibility index (Phi) is 3.54. The Hall–Kier alpha value is -1.08. The standard InChI is InChI=1S/C10H8BrF3O3/c1-9(17,10(13,14)8(15)16)6-3-2-5(11)4-7(6)12/h2-4,17H,1H3,(H,15,16). The molecular weight excluding hydrogens is 305 g/mol. The lowest BCUT2D eigenvalue weighted by Crippen LogP contribution is -2.49. The smallest absolute Gasteiger partial charge is 0.378 e. The van der Waals surface area contributed by atoms with Gasteiger partial charge in [-0.2, -0.15) is 8.78 Å². The van der Waals surface area contributed by atoms with Crippen molar-refractivity contribution in [3.63, 3.8) is 0 Å². The molecule has 0 aliphatic heterocycles. The van der Waals surface area contributed by atoms with Gasteiger partial charge in [0.1, 0.15) is 5.82 Å². The average Bonchev–Trinajstić information content (AvgIpc) is 2.16. The van der Waals surface area contributed by atoms with E-state index >= 15 is 0 Å². The molecule has 1 aromatic rings. The van der Waals surface area contributed by atoms with E-state index in [1.165, 1.54) is 6.07 Å². The highest BCUT2D eigenvalue weighted by Gasteiger charge is 2.57. The van der Waals surface area contributed by atoms with Crippen LogP contribution in [0, 0.1) is 5.82 Å². The van der Waals surface area contributed by atoms with Gasteiger partial charge in [-0.05, 0) is 19.1 Å². The highest BCUT2D eigenvalue weighted by Crippen LogP contribution is 2.39. The summed E-state index contributed by atoms with van der Waals surface area (Å²) in [6.45, 7) is 0.549. The lowest BCUT2D eigenvalue weighted by atomic mass is 9.89. The quantitative estimate of drug-likeness (QED) is 0.901. The summed E-state index contributed by atoms with van der Waals surface area (Å²) in [6.07, 6.45) is 0. The molecule has 1 atom stereocenters. The van der Waals surface area contributed by atoms with Crippen LogP contribution in [0.4, 0.5) is 13.2 Å². The lowest BCUT2D eigenvalue weighted by Gasteiger charge is -2.30. The first kappa shape index (κ1) is 14.0. The molecule has 0 aliphatic carbocycles. The van der Waals surface area contributed by atoms with E-state index in [9.17, 15) is 23.1 Å². The summed E-state index contributed by atoms with van der Waals surface area (Å²) in [5.41, 5.74) is -3.92. The molecule has 1 rings (SSSR count). The molecule has 17 heavy (non-hydrogen) atoms. The number of carboxylic acids is 1. The first-order valence-corrected chi connectivity index (χ1v) is 5.19. The number of alkyl halides is 2. The Morgan fingerprint density at radius 1 is 1.41 bits per heavy atom. The predicted molar refractivity (Wildman–Crippen MR) is 56.3 cm³/mol. The largest absolute Gasteiger partial charge is 0.477 e. The van der Waals surface area contributed by atoms with Gasteiger partial charge in [0.05, 0.1) is 0 Å². The molecule has 3 nitrogen and oxygen atoms in total. The molecule has 1 aromatic carbocycles. The molecule has 1 unspecified atom stereocenters. The molecule has 0 spiro atoms. The highest BCUT2D eigenvalue weighted by molar-refractivity contribution is 9.10. The van der Waals surface area contributed by atoms with Crippen molar-refractivity contribution in [3.05, 3.63) is 34.1 Å². The SMILES string of the molecule is CC(O)(c1ccc(Br)cc1F)C(F)(F)C(=O)O. The number of rotatable bonds is 3. The molecular formula is C10H8BrF3O3. The van der Waals surface area contributed by atoms with Crippen LogP contribution in [-0.4, -0.2) is 22.1 Å². The molecule has 0 saturated heterocycles. The zero-order chi connectivity index (χ0) is 13.4. The van der Waals surface area contributed by atoms with Crippen molar-refractivity contribution >= 4 is 21.9 Å². The van der Waals surface area contributed by atoms with Gasteiger partial charge in [-0.25, -0.2) is 9.18 Å². The van der Waals surface area contributed by atoms with Crippen molar-refractivity contribution in [2.45, 2.75) is 18.4 Å². The Balaban J connectivity index is 3.35. The van der Waals surface area contributed by atoms with E-state index < -0.39 is 28.9 Å². The zero-order valence-corrected chi connectivity index (χ0v) is 10.1. The second kappa shape index (κ2) is 4.30. The van der Waals surface area contributed by atoms with Crippen LogP contribution in [0.3, 0.4) is 0 Å². The van der Waals surface area contributed by atoms with Gasteiger partial charge in [0.15, 0.2) is 5.60 Å². The highest BCUT2D eigenvalue weighted by atomic mass is 79.9. The van der Waals surface area contributed by atoms with Crippen LogP contribution in [0.25, 0.3) is 0 Å². The normalized spacial score (nSPS) is 15.4. The predicted octanol–water partition coefficient (Wildman–Crippen LogP) is 2.52. The Morgan fingerprint density at radius 3 is 2.35 bits per heavy atom. The van der Waals surface area contributed by atoms with Crippen molar-refractivity contribution in [1.82, 2.24) is 0 Å². The summed E-state index contributed by atoms with van der Waals surface area (Å²) >= 11 is 2.92. The Morgan fingerprint density at radius 2 is 1.94 bits per heavy atom. The molecule has 7 heteroatoms. The third-order valence-corrected chi connectivity index (χ3v) is 2.83. The van der Waals surface area contributed by atoms with Crippen LogP contribution >= 0.6 is 15.9 Å². The molecule has 0 fully saturated rings. The first-order chi connectivity index (χ1) is 7.60.